The Bertz CT molecular complexity index is 1300. The average molecular weight is 472 g/mol. The van der Waals surface area contributed by atoms with Gasteiger partial charge in [-0.2, -0.15) is 0 Å². The van der Waals surface area contributed by atoms with Crippen molar-refractivity contribution in [3.8, 4) is 0 Å². The Kier molecular flexibility index (Phi) is 6.37. The SMILES string of the molecule is O=C(OCC1(F)OC(n2ccc(=O)[nH]c2=O)C(F)C1OC(=O)c1ccccc1)c1ccccc1. The van der Waals surface area contributed by atoms with Crippen molar-refractivity contribution in [3.63, 3.8) is 0 Å². The fraction of sp³-hybridized carbons (Fsp3) is 0.217. The lowest BCUT2D eigenvalue weighted by atomic mass is 10.1. The Morgan fingerprint density at radius 2 is 1.56 bits per heavy atom. The standard InChI is InChI=1S/C23H18F2N2O7/c24-17-18(33-21(30)15-9-5-2-6-10-15)23(25,13-32-20(29)14-7-3-1-4-8-14)34-19(17)27-12-11-16(28)26-22(27)31/h1-12,17-19H,13H2,(H,26,28,31). The summed E-state index contributed by atoms with van der Waals surface area (Å²) < 4.78 is 47.1. The number of benzene rings is 2. The molecule has 0 spiro atoms. The zero-order valence-corrected chi connectivity index (χ0v) is 17.4. The molecule has 1 aliphatic heterocycles. The van der Waals surface area contributed by atoms with Gasteiger partial charge in [-0.3, -0.25) is 14.3 Å². The molecule has 9 nitrogen and oxygen atoms in total. The van der Waals surface area contributed by atoms with Crippen LogP contribution < -0.4 is 11.2 Å². The van der Waals surface area contributed by atoms with Gasteiger partial charge in [-0.1, -0.05) is 36.4 Å². The second-order valence-electron chi connectivity index (χ2n) is 7.39. The number of nitrogens with one attached hydrogen (secondary N) is 1. The molecular weight excluding hydrogens is 454 g/mol. The topological polar surface area (TPSA) is 117 Å². The molecule has 11 heteroatoms. The van der Waals surface area contributed by atoms with E-state index in [-0.39, 0.29) is 11.1 Å². The molecule has 1 saturated heterocycles. The maximum Gasteiger partial charge on any atom is 0.338 e. The van der Waals surface area contributed by atoms with Gasteiger partial charge in [0.2, 0.25) is 0 Å². The van der Waals surface area contributed by atoms with Gasteiger partial charge in [-0.15, -0.1) is 0 Å². The van der Waals surface area contributed by atoms with Crippen molar-refractivity contribution in [2.24, 2.45) is 0 Å². The van der Waals surface area contributed by atoms with Crippen LogP contribution in [0.4, 0.5) is 8.78 Å². The van der Waals surface area contributed by atoms with Gasteiger partial charge in [0.25, 0.3) is 11.4 Å². The Hall–Kier alpha value is -4.12. The molecule has 0 saturated carbocycles. The molecule has 1 N–H and O–H groups in total. The predicted molar refractivity (Wildman–Crippen MR) is 113 cm³/mol. The summed E-state index contributed by atoms with van der Waals surface area (Å²) in [4.78, 5) is 50.2. The van der Waals surface area contributed by atoms with Crippen LogP contribution in [-0.2, 0) is 14.2 Å². The van der Waals surface area contributed by atoms with Crippen LogP contribution in [0.1, 0.15) is 26.9 Å². The van der Waals surface area contributed by atoms with E-state index in [4.69, 9.17) is 14.2 Å². The zero-order valence-electron chi connectivity index (χ0n) is 17.4. The molecule has 34 heavy (non-hydrogen) atoms. The molecule has 0 amide bonds. The smallest absolute Gasteiger partial charge is 0.338 e. The molecule has 4 unspecified atom stereocenters. The number of halogens is 2. The summed E-state index contributed by atoms with van der Waals surface area (Å²) in [6.07, 6.45) is -5.60. The highest BCUT2D eigenvalue weighted by Crippen LogP contribution is 2.42. The van der Waals surface area contributed by atoms with Gasteiger partial charge >= 0.3 is 17.6 Å². The molecule has 3 aromatic rings. The second kappa shape index (κ2) is 9.40. The van der Waals surface area contributed by atoms with E-state index in [1.807, 2.05) is 4.98 Å². The number of aromatic nitrogens is 2. The third kappa shape index (κ3) is 4.64. The van der Waals surface area contributed by atoms with Gasteiger partial charge in [-0.25, -0.2) is 23.2 Å². The van der Waals surface area contributed by atoms with E-state index in [2.05, 4.69) is 0 Å². The van der Waals surface area contributed by atoms with Gasteiger partial charge in [0.1, 0.15) is 0 Å². The summed E-state index contributed by atoms with van der Waals surface area (Å²) in [5, 5.41) is 0. The van der Waals surface area contributed by atoms with E-state index in [0.717, 1.165) is 12.3 Å². The van der Waals surface area contributed by atoms with Crippen LogP contribution in [0.15, 0.2) is 82.5 Å². The Morgan fingerprint density at radius 3 is 2.15 bits per heavy atom. The zero-order chi connectivity index (χ0) is 24.3. The van der Waals surface area contributed by atoms with E-state index < -0.39 is 54.2 Å². The molecule has 2 heterocycles. The molecule has 1 aliphatic rings. The van der Waals surface area contributed by atoms with E-state index in [9.17, 15) is 19.2 Å². The summed E-state index contributed by atoms with van der Waals surface area (Å²) in [5.41, 5.74) is -1.71. The van der Waals surface area contributed by atoms with Crippen molar-refractivity contribution in [2.45, 2.75) is 24.4 Å². The number of carbonyl (C=O) groups is 2. The number of ether oxygens (including phenoxy) is 3. The van der Waals surface area contributed by atoms with Crippen LogP contribution in [0.2, 0.25) is 0 Å². The van der Waals surface area contributed by atoms with Gasteiger partial charge in [0.15, 0.2) is 25.1 Å². The number of esters is 2. The maximum atomic E-state index is 15.9. The lowest BCUT2D eigenvalue weighted by Crippen LogP contribution is -2.45. The van der Waals surface area contributed by atoms with Crippen LogP contribution >= 0.6 is 0 Å². The Balaban J connectivity index is 1.62. The molecule has 176 valence electrons. The molecule has 0 bridgehead atoms. The molecule has 4 atom stereocenters. The highest BCUT2D eigenvalue weighted by molar-refractivity contribution is 5.90. The highest BCUT2D eigenvalue weighted by atomic mass is 19.2. The number of rotatable bonds is 6. The summed E-state index contributed by atoms with van der Waals surface area (Å²) in [6.45, 7) is -1.14. The summed E-state index contributed by atoms with van der Waals surface area (Å²) >= 11 is 0. The minimum Gasteiger partial charge on any atom is -0.456 e. The second-order valence-corrected chi connectivity index (χ2v) is 7.39. The van der Waals surface area contributed by atoms with E-state index >= 15 is 8.78 Å². The van der Waals surface area contributed by atoms with Gasteiger partial charge in [-0.05, 0) is 24.3 Å². The molecule has 1 aromatic heterocycles. The quantitative estimate of drug-likeness (QED) is 0.547. The van der Waals surface area contributed by atoms with Crippen LogP contribution in [0.25, 0.3) is 0 Å². The Labute approximate surface area is 190 Å². The van der Waals surface area contributed by atoms with E-state index in [1.54, 1.807) is 24.3 Å². The normalized spacial score (nSPS) is 23.9. The third-order valence-electron chi connectivity index (χ3n) is 5.08. The minimum absolute atomic E-state index is 0.0167. The summed E-state index contributed by atoms with van der Waals surface area (Å²) in [6, 6.07) is 16.0. The van der Waals surface area contributed by atoms with Crippen molar-refractivity contribution in [1.29, 1.82) is 0 Å². The van der Waals surface area contributed by atoms with Crippen LogP contribution in [0, 0.1) is 0 Å². The molecule has 2 aromatic carbocycles. The molecular formula is C23H18F2N2O7. The third-order valence-corrected chi connectivity index (χ3v) is 5.08. The fourth-order valence-corrected chi connectivity index (χ4v) is 3.41. The van der Waals surface area contributed by atoms with Crippen LogP contribution in [-0.4, -0.2) is 46.2 Å². The fourth-order valence-electron chi connectivity index (χ4n) is 3.41. The van der Waals surface area contributed by atoms with Crippen molar-refractivity contribution < 1.29 is 32.6 Å². The first-order chi connectivity index (χ1) is 16.3. The average Bonchev–Trinajstić information content (AvgIpc) is 3.09. The van der Waals surface area contributed by atoms with Crippen molar-refractivity contribution in [2.75, 3.05) is 6.61 Å². The number of H-pyrrole nitrogens is 1. The van der Waals surface area contributed by atoms with Gasteiger partial charge in [0.05, 0.1) is 11.1 Å². The lowest BCUT2D eigenvalue weighted by Gasteiger charge is -2.25. The van der Waals surface area contributed by atoms with Crippen LogP contribution in [0.3, 0.4) is 0 Å². The number of aromatic amines is 1. The monoisotopic (exact) mass is 472 g/mol. The van der Waals surface area contributed by atoms with Gasteiger partial charge in [0, 0.05) is 12.3 Å². The molecule has 0 radical (unpaired) electrons. The number of hydrogen-bond acceptors (Lipinski definition) is 7. The number of hydrogen-bond donors (Lipinski definition) is 1. The maximum absolute atomic E-state index is 15.9. The molecule has 0 aliphatic carbocycles. The first-order valence-corrected chi connectivity index (χ1v) is 10.1. The lowest BCUT2D eigenvalue weighted by molar-refractivity contribution is -0.208. The summed E-state index contributed by atoms with van der Waals surface area (Å²) in [5.74, 6) is -5.12. The van der Waals surface area contributed by atoms with Crippen LogP contribution in [0.5, 0.6) is 0 Å². The summed E-state index contributed by atoms with van der Waals surface area (Å²) in [7, 11) is 0. The highest BCUT2D eigenvalue weighted by Gasteiger charge is 2.61. The molecule has 4 rings (SSSR count). The number of alkyl halides is 2. The number of nitrogens with zero attached hydrogens (tertiary/aromatic N) is 1. The van der Waals surface area contributed by atoms with Crippen molar-refractivity contribution in [1.82, 2.24) is 9.55 Å². The minimum atomic E-state index is -3.14. The van der Waals surface area contributed by atoms with E-state index in [0.29, 0.717) is 4.57 Å². The van der Waals surface area contributed by atoms with Crippen molar-refractivity contribution >= 4 is 11.9 Å². The van der Waals surface area contributed by atoms with E-state index in [1.165, 1.54) is 36.4 Å². The Morgan fingerprint density at radius 1 is 0.971 bits per heavy atom. The van der Waals surface area contributed by atoms with Crippen molar-refractivity contribution in [3.05, 3.63) is 105 Å². The predicted octanol–water partition coefficient (Wildman–Crippen LogP) is 2.15. The number of carbonyl (C=O) groups excluding carboxylic acids is 2. The molecule has 1 fully saturated rings. The first kappa shape index (κ1) is 23.1. The first-order valence-electron chi connectivity index (χ1n) is 10.1. The van der Waals surface area contributed by atoms with Gasteiger partial charge < -0.3 is 14.2 Å². The largest absolute Gasteiger partial charge is 0.456 e.